The summed E-state index contributed by atoms with van der Waals surface area (Å²) in [7, 11) is 0. The monoisotopic (exact) mass is 348 g/mol. The second-order valence-electron chi connectivity index (χ2n) is 5.49. The summed E-state index contributed by atoms with van der Waals surface area (Å²) in [5.74, 6) is -0.839. The Bertz CT molecular complexity index is 714. The van der Waals surface area contributed by atoms with E-state index >= 15 is 0 Å². The minimum atomic E-state index is -0.833. The number of nitrogens with one attached hydrogen (secondary N) is 2. The van der Waals surface area contributed by atoms with Gasteiger partial charge in [-0.05, 0) is 32.9 Å². The van der Waals surface area contributed by atoms with Gasteiger partial charge in [0.15, 0.2) is 0 Å². The van der Waals surface area contributed by atoms with E-state index in [1.54, 1.807) is 32.9 Å². The lowest BCUT2D eigenvalue weighted by Crippen LogP contribution is -2.47. The van der Waals surface area contributed by atoms with Crippen LogP contribution < -0.4 is 10.6 Å². The third kappa shape index (κ3) is 4.72. The number of ether oxygens (including phenoxy) is 2. The average Bonchev–Trinajstić information content (AvgIpc) is 3.06. The van der Waals surface area contributed by atoms with E-state index in [1.807, 2.05) is 0 Å². The quantitative estimate of drug-likeness (QED) is 0.601. The van der Waals surface area contributed by atoms with Crippen LogP contribution in [-0.2, 0) is 19.1 Å². The maximum atomic E-state index is 12.4. The molecule has 1 aliphatic rings. The molecule has 1 aromatic rings. The molecule has 0 spiro atoms. The van der Waals surface area contributed by atoms with Crippen LogP contribution in [-0.4, -0.2) is 31.2 Å². The van der Waals surface area contributed by atoms with Gasteiger partial charge in [-0.15, -0.1) is 0 Å². The van der Waals surface area contributed by atoms with E-state index < -0.39 is 24.0 Å². The number of furan rings is 1. The minimum absolute atomic E-state index is 0.126. The molecule has 8 nitrogen and oxygen atoms in total. The first kappa shape index (κ1) is 18.3. The number of allylic oxidation sites excluding steroid dienone is 1. The van der Waals surface area contributed by atoms with Crippen molar-refractivity contribution in [2.24, 2.45) is 0 Å². The van der Waals surface area contributed by atoms with Gasteiger partial charge in [0.2, 0.25) is 0 Å². The summed E-state index contributed by atoms with van der Waals surface area (Å²) in [6.45, 7) is 5.06. The minimum Gasteiger partial charge on any atom is -0.467 e. The van der Waals surface area contributed by atoms with Crippen LogP contribution in [0.1, 0.15) is 32.6 Å². The number of amides is 2. The van der Waals surface area contributed by atoms with E-state index in [0.717, 1.165) is 5.57 Å². The van der Waals surface area contributed by atoms with Crippen LogP contribution in [0.25, 0.3) is 0 Å². The first-order valence-electron chi connectivity index (χ1n) is 7.75. The van der Waals surface area contributed by atoms with Crippen molar-refractivity contribution in [1.29, 1.82) is 0 Å². The summed E-state index contributed by atoms with van der Waals surface area (Å²) in [6, 6.07) is 1.89. The number of rotatable bonds is 6. The molecular formula is C17H20N2O6. The largest absolute Gasteiger partial charge is 0.467 e. The normalized spacial score (nSPS) is 16.6. The van der Waals surface area contributed by atoms with Crippen LogP contribution in [0.4, 0.5) is 4.79 Å². The predicted molar refractivity (Wildman–Crippen MR) is 87.2 cm³/mol. The number of carbonyl (C=O) groups is 3. The number of hydrogen-bond acceptors (Lipinski definition) is 6. The highest BCUT2D eigenvalue weighted by Gasteiger charge is 2.35. The van der Waals surface area contributed by atoms with Crippen molar-refractivity contribution < 1.29 is 28.3 Å². The first-order chi connectivity index (χ1) is 11.9. The standard InChI is InChI=1S/C17H20N2O6/c1-4-23-16(21)14-11(9-25-13(20)8-10(2)3)18-17(22)19-15(14)12-6-5-7-24-12/h5-8,15H,4,9H2,1-3H3,(H2,18,19,22). The third-order valence-electron chi connectivity index (χ3n) is 3.24. The fourth-order valence-corrected chi connectivity index (χ4v) is 2.27. The van der Waals surface area contributed by atoms with Gasteiger partial charge in [-0.2, -0.15) is 0 Å². The number of hydrogen-bond donors (Lipinski definition) is 2. The van der Waals surface area contributed by atoms with E-state index in [-0.39, 0.29) is 24.5 Å². The lowest BCUT2D eigenvalue weighted by atomic mass is 10.0. The molecule has 8 heteroatoms. The predicted octanol–water partition coefficient (Wildman–Crippen LogP) is 1.96. The van der Waals surface area contributed by atoms with Crippen molar-refractivity contribution in [1.82, 2.24) is 10.6 Å². The fraction of sp³-hybridized carbons (Fsp3) is 0.353. The molecule has 0 radical (unpaired) electrons. The molecule has 1 atom stereocenters. The van der Waals surface area contributed by atoms with E-state index in [1.165, 1.54) is 12.3 Å². The summed E-state index contributed by atoms with van der Waals surface area (Å²) in [5, 5.41) is 5.10. The molecular weight excluding hydrogens is 328 g/mol. The summed E-state index contributed by atoms with van der Waals surface area (Å²) in [5.41, 5.74) is 1.05. The van der Waals surface area contributed by atoms with Gasteiger partial charge in [-0.25, -0.2) is 14.4 Å². The molecule has 0 aromatic carbocycles. The molecule has 1 aromatic heterocycles. The van der Waals surface area contributed by atoms with Crippen molar-refractivity contribution in [2.45, 2.75) is 26.8 Å². The lowest BCUT2D eigenvalue weighted by molar-refractivity contribution is -0.140. The molecule has 2 N–H and O–H groups in total. The molecule has 25 heavy (non-hydrogen) atoms. The number of carbonyl (C=O) groups excluding carboxylic acids is 3. The van der Waals surface area contributed by atoms with Gasteiger partial charge in [-0.3, -0.25) is 0 Å². The summed E-state index contributed by atoms with van der Waals surface area (Å²) in [6.07, 6.45) is 2.75. The van der Waals surface area contributed by atoms with Gasteiger partial charge in [0.05, 0.1) is 24.1 Å². The van der Waals surface area contributed by atoms with Crippen molar-refractivity contribution >= 4 is 18.0 Å². The van der Waals surface area contributed by atoms with Gasteiger partial charge in [0, 0.05) is 6.08 Å². The van der Waals surface area contributed by atoms with Gasteiger partial charge in [0.25, 0.3) is 0 Å². The maximum absolute atomic E-state index is 12.4. The Morgan fingerprint density at radius 1 is 1.32 bits per heavy atom. The van der Waals surface area contributed by atoms with Gasteiger partial charge >= 0.3 is 18.0 Å². The van der Waals surface area contributed by atoms with Gasteiger partial charge in [0.1, 0.15) is 18.4 Å². The molecule has 2 rings (SSSR count). The Kier molecular flexibility index (Phi) is 5.99. The second kappa shape index (κ2) is 8.18. The molecule has 0 fully saturated rings. The van der Waals surface area contributed by atoms with Crippen LogP contribution in [0.5, 0.6) is 0 Å². The zero-order chi connectivity index (χ0) is 18.4. The zero-order valence-corrected chi connectivity index (χ0v) is 14.3. The van der Waals surface area contributed by atoms with Crippen LogP contribution in [0.15, 0.2) is 45.7 Å². The first-order valence-corrected chi connectivity index (χ1v) is 7.75. The third-order valence-corrected chi connectivity index (χ3v) is 3.24. The Morgan fingerprint density at radius 2 is 2.08 bits per heavy atom. The van der Waals surface area contributed by atoms with E-state index in [9.17, 15) is 14.4 Å². The zero-order valence-electron chi connectivity index (χ0n) is 14.3. The topological polar surface area (TPSA) is 107 Å². The Labute approximate surface area is 144 Å². The van der Waals surface area contributed by atoms with Crippen molar-refractivity contribution in [3.8, 4) is 0 Å². The van der Waals surface area contributed by atoms with Crippen LogP contribution in [0, 0.1) is 0 Å². The molecule has 1 unspecified atom stereocenters. The highest BCUT2D eigenvalue weighted by molar-refractivity contribution is 5.95. The molecule has 0 bridgehead atoms. The van der Waals surface area contributed by atoms with Crippen molar-refractivity contribution in [3.63, 3.8) is 0 Å². The second-order valence-corrected chi connectivity index (χ2v) is 5.49. The van der Waals surface area contributed by atoms with Crippen LogP contribution in [0.3, 0.4) is 0 Å². The molecule has 0 saturated carbocycles. The summed E-state index contributed by atoms with van der Waals surface area (Å²) >= 11 is 0. The fourth-order valence-electron chi connectivity index (χ4n) is 2.27. The molecule has 0 aliphatic carbocycles. The van der Waals surface area contributed by atoms with E-state index in [4.69, 9.17) is 13.9 Å². The molecule has 134 valence electrons. The molecule has 2 amide bonds. The highest BCUT2D eigenvalue weighted by Crippen LogP contribution is 2.28. The Morgan fingerprint density at radius 3 is 2.68 bits per heavy atom. The highest BCUT2D eigenvalue weighted by atomic mass is 16.5. The average molecular weight is 348 g/mol. The van der Waals surface area contributed by atoms with E-state index in [2.05, 4.69) is 10.6 Å². The van der Waals surface area contributed by atoms with Gasteiger partial charge in [-0.1, -0.05) is 5.57 Å². The van der Waals surface area contributed by atoms with Crippen molar-refractivity contribution in [2.75, 3.05) is 13.2 Å². The van der Waals surface area contributed by atoms with Crippen LogP contribution >= 0.6 is 0 Å². The summed E-state index contributed by atoms with van der Waals surface area (Å²) < 4.78 is 15.5. The van der Waals surface area contributed by atoms with Crippen molar-refractivity contribution in [3.05, 3.63) is 47.1 Å². The van der Waals surface area contributed by atoms with Gasteiger partial charge < -0.3 is 24.5 Å². The van der Waals surface area contributed by atoms with E-state index in [0.29, 0.717) is 5.76 Å². The SMILES string of the molecule is CCOC(=O)C1=C(COC(=O)C=C(C)C)NC(=O)NC1c1ccco1. The Balaban J connectivity index is 2.34. The number of urea groups is 1. The molecule has 2 heterocycles. The Hall–Kier alpha value is -3.03. The lowest BCUT2D eigenvalue weighted by Gasteiger charge is -2.27. The molecule has 0 saturated heterocycles. The number of esters is 2. The summed E-state index contributed by atoms with van der Waals surface area (Å²) in [4.78, 5) is 36.0. The molecule has 1 aliphatic heterocycles. The maximum Gasteiger partial charge on any atom is 0.338 e. The smallest absolute Gasteiger partial charge is 0.338 e. The van der Waals surface area contributed by atoms with Crippen LogP contribution in [0.2, 0.25) is 0 Å².